The number of anilines is 2. The van der Waals surface area contributed by atoms with Crippen molar-refractivity contribution in [2.45, 2.75) is 6.92 Å². The third-order valence-electron chi connectivity index (χ3n) is 3.75. The van der Waals surface area contributed by atoms with E-state index in [1.54, 1.807) is 11.0 Å². The zero-order chi connectivity index (χ0) is 18.0. The predicted molar refractivity (Wildman–Crippen MR) is 91.1 cm³/mol. The second-order valence-corrected chi connectivity index (χ2v) is 5.73. The number of rotatable bonds is 4. The molecule has 0 unspecified atom stereocenters. The number of benzene rings is 2. The quantitative estimate of drug-likeness (QED) is 0.653. The summed E-state index contributed by atoms with van der Waals surface area (Å²) in [6.07, 6.45) is 0. The normalized spacial score (nSPS) is 13.0. The molecule has 0 spiro atoms. The van der Waals surface area contributed by atoms with Gasteiger partial charge in [0.05, 0.1) is 17.8 Å². The van der Waals surface area contributed by atoms with Crippen molar-refractivity contribution in [3.8, 4) is 5.75 Å². The minimum absolute atomic E-state index is 0.0125. The summed E-state index contributed by atoms with van der Waals surface area (Å²) in [5, 5.41) is 11.6. The number of hydrogen-bond acceptors (Lipinski definition) is 5. The molecule has 25 heavy (non-hydrogen) atoms. The number of hydrogen-bond donors (Lipinski definition) is 2. The van der Waals surface area contributed by atoms with Crippen LogP contribution in [0.1, 0.15) is 15.9 Å². The molecule has 0 aliphatic carbocycles. The molecule has 7 heteroatoms. The number of carbonyl (C=O) groups excluding carboxylic acids is 2. The number of aromatic carboxylic acids is 1. The SMILES string of the molecule is Cc1ccc2c(c1)OC(=O)CN2CC(=O)Nc1ccc(C(=O)O)cc1. The lowest BCUT2D eigenvalue weighted by molar-refractivity contribution is -0.133. The minimum atomic E-state index is -1.03. The van der Waals surface area contributed by atoms with Crippen molar-refractivity contribution in [1.82, 2.24) is 0 Å². The summed E-state index contributed by atoms with van der Waals surface area (Å²) in [7, 11) is 0. The van der Waals surface area contributed by atoms with Gasteiger partial charge in [-0.05, 0) is 48.9 Å². The maximum absolute atomic E-state index is 12.3. The molecule has 2 N–H and O–H groups in total. The number of aryl methyl sites for hydroxylation is 1. The number of nitrogens with one attached hydrogen (secondary N) is 1. The first-order valence-corrected chi connectivity index (χ1v) is 7.62. The molecule has 128 valence electrons. The first-order valence-electron chi connectivity index (χ1n) is 7.62. The van der Waals surface area contributed by atoms with Crippen LogP contribution < -0.4 is 15.0 Å². The predicted octanol–water partition coefficient (Wildman–Crippen LogP) is 2.06. The minimum Gasteiger partial charge on any atom is -0.478 e. The number of carboxylic acids is 1. The van der Waals surface area contributed by atoms with E-state index in [0.717, 1.165) is 5.56 Å². The molecule has 1 amide bonds. The highest BCUT2D eigenvalue weighted by atomic mass is 16.5. The van der Waals surface area contributed by atoms with Gasteiger partial charge in [0.25, 0.3) is 0 Å². The van der Waals surface area contributed by atoms with Crippen molar-refractivity contribution in [2.75, 3.05) is 23.3 Å². The van der Waals surface area contributed by atoms with Gasteiger partial charge in [-0.2, -0.15) is 0 Å². The van der Waals surface area contributed by atoms with Crippen LogP contribution in [0.4, 0.5) is 11.4 Å². The van der Waals surface area contributed by atoms with Gasteiger partial charge in [-0.1, -0.05) is 6.07 Å². The molecule has 0 aromatic heterocycles. The first-order chi connectivity index (χ1) is 11.9. The van der Waals surface area contributed by atoms with Gasteiger partial charge in [0.1, 0.15) is 6.54 Å². The molecular formula is C18H16N2O5. The lowest BCUT2D eigenvalue weighted by Gasteiger charge is -2.29. The summed E-state index contributed by atoms with van der Waals surface area (Å²) in [6, 6.07) is 11.3. The van der Waals surface area contributed by atoms with Gasteiger partial charge in [-0.15, -0.1) is 0 Å². The average molecular weight is 340 g/mol. The van der Waals surface area contributed by atoms with E-state index in [9.17, 15) is 14.4 Å². The zero-order valence-electron chi connectivity index (χ0n) is 13.5. The standard InChI is InChI=1S/C18H16N2O5/c1-11-2-7-14-15(8-11)25-17(22)10-20(14)9-16(21)19-13-5-3-12(4-6-13)18(23)24/h2-8H,9-10H2,1H3,(H,19,21)(H,23,24). The van der Waals surface area contributed by atoms with Gasteiger partial charge in [0, 0.05) is 5.69 Å². The van der Waals surface area contributed by atoms with Crippen LogP contribution in [0.3, 0.4) is 0 Å². The van der Waals surface area contributed by atoms with E-state index in [1.165, 1.54) is 24.3 Å². The van der Waals surface area contributed by atoms with E-state index < -0.39 is 11.9 Å². The number of amides is 1. The fraction of sp³-hybridized carbons (Fsp3) is 0.167. The third-order valence-corrected chi connectivity index (χ3v) is 3.75. The monoisotopic (exact) mass is 340 g/mol. The van der Waals surface area contributed by atoms with Crippen LogP contribution >= 0.6 is 0 Å². The molecule has 0 atom stereocenters. The van der Waals surface area contributed by atoms with Crippen LogP contribution in [-0.2, 0) is 9.59 Å². The number of fused-ring (bicyclic) bond motifs is 1. The second-order valence-electron chi connectivity index (χ2n) is 5.73. The molecule has 0 saturated heterocycles. The molecule has 0 radical (unpaired) electrons. The molecule has 0 saturated carbocycles. The Kier molecular flexibility index (Phi) is 4.38. The summed E-state index contributed by atoms with van der Waals surface area (Å²) in [5.74, 6) is -1.33. The molecule has 3 rings (SSSR count). The molecule has 1 aliphatic rings. The van der Waals surface area contributed by atoms with Gasteiger partial charge < -0.3 is 20.1 Å². The van der Waals surface area contributed by atoms with E-state index in [0.29, 0.717) is 17.1 Å². The largest absolute Gasteiger partial charge is 0.478 e. The highest BCUT2D eigenvalue weighted by molar-refractivity contribution is 5.97. The summed E-state index contributed by atoms with van der Waals surface area (Å²) >= 11 is 0. The van der Waals surface area contributed by atoms with Gasteiger partial charge in [0.15, 0.2) is 5.75 Å². The Morgan fingerprint density at radius 2 is 1.92 bits per heavy atom. The zero-order valence-corrected chi connectivity index (χ0v) is 13.5. The van der Waals surface area contributed by atoms with Gasteiger partial charge >= 0.3 is 11.9 Å². The van der Waals surface area contributed by atoms with Gasteiger partial charge in [0.2, 0.25) is 5.91 Å². The molecule has 1 heterocycles. The van der Waals surface area contributed by atoms with Crippen molar-refractivity contribution < 1.29 is 24.2 Å². The number of esters is 1. The smallest absolute Gasteiger partial charge is 0.335 e. The molecule has 7 nitrogen and oxygen atoms in total. The lowest BCUT2D eigenvalue weighted by Crippen LogP contribution is -2.41. The highest BCUT2D eigenvalue weighted by Gasteiger charge is 2.25. The van der Waals surface area contributed by atoms with Crippen molar-refractivity contribution in [3.05, 3.63) is 53.6 Å². The fourth-order valence-corrected chi connectivity index (χ4v) is 2.57. The molecule has 0 fully saturated rings. The van der Waals surface area contributed by atoms with Crippen LogP contribution in [0.25, 0.3) is 0 Å². The Balaban J connectivity index is 1.71. The number of carboxylic acid groups (broad SMARTS) is 1. The van der Waals surface area contributed by atoms with E-state index in [4.69, 9.17) is 9.84 Å². The Labute approximate surface area is 143 Å². The Morgan fingerprint density at radius 1 is 1.20 bits per heavy atom. The molecule has 2 aromatic carbocycles. The van der Waals surface area contributed by atoms with E-state index >= 15 is 0 Å². The summed E-state index contributed by atoms with van der Waals surface area (Å²) in [4.78, 5) is 36.5. The summed E-state index contributed by atoms with van der Waals surface area (Å²) in [6.45, 7) is 1.85. The average Bonchev–Trinajstić information content (AvgIpc) is 2.54. The van der Waals surface area contributed by atoms with Crippen LogP contribution in [0.15, 0.2) is 42.5 Å². The van der Waals surface area contributed by atoms with Crippen LogP contribution in [-0.4, -0.2) is 36.0 Å². The lowest BCUT2D eigenvalue weighted by atomic mass is 10.1. The molecule has 0 bridgehead atoms. The number of carbonyl (C=O) groups is 3. The molecular weight excluding hydrogens is 324 g/mol. The van der Waals surface area contributed by atoms with Crippen molar-refractivity contribution in [3.63, 3.8) is 0 Å². The van der Waals surface area contributed by atoms with Crippen molar-refractivity contribution >= 4 is 29.2 Å². The van der Waals surface area contributed by atoms with Crippen LogP contribution in [0.2, 0.25) is 0 Å². The summed E-state index contributed by atoms with van der Waals surface area (Å²) < 4.78 is 5.21. The van der Waals surface area contributed by atoms with Gasteiger partial charge in [-0.3, -0.25) is 4.79 Å². The van der Waals surface area contributed by atoms with E-state index in [2.05, 4.69) is 5.32 Å². The maximum atomic E-state index is 12.3. The summed E-state index contributed by atoms with van der Waals surface area (Å²) in [5.41, 5.74) is 2.26. The fourth-order valence-electron chi connectivity index (χ4n) is 2.57. The van der Waals surface area contributed by atoms with Crippen molar-refractivity contribution in [2.24, 2.45) is 0 Å². The Morgan fingerprint density at radius 3 is 2.60 bits per heavy atom. The van der Waals surface area contributed by atoms with Crippen LogP contribution in [0.5, 0.6) is 5.75 Å². The Bertz CT molecular complexity index is 845. The number of nitrogens with zero attached hydrogens (tertiary/aromatic N) is 1. The highest BCUT2D eigenvalue weighted by Crippen LogP contribution is 2.32. The molecule has 2 aromatic rings. The number of ether oxygens (including phenoxy) is 1. The topological polar surface area (TPSA) is 95.9 Å². The molecule has 1 aliphatic heterocycles. The first kappa shape index (κ1) is 16.5. The third kappa shape index (κ3) is 3.77. The van der Waals surface area contributed by atoms with Crippen LogP contribution in [0, 0.1) is 6.92 Å². The maximum Gasteiger partial charge on any atom is 0.335 e. The van der Waals surface area contributed by atoms with E-state index in [-0.39, 0.29) is 24.6 Å². The van der Waals surface area contributed by atoms with Gasteiger partial charge in [-0.25, -0.2) is 9.59 Å². The Hall–Kier alpha value is -3.35. The second kappa shape index (κ2) is 6.64. The van der Waals surface area contributed by atoms with E-state index in [1.807, 2.05) is 19.1 Å². The van der Waals surface area contributed by atoms with Crippen molar-refractivity contribution in [1.29, 1.82) is 0 Å².